The Kier molecular flexibility index (Phi) is 6.96. The second-order valence-electron chi connectivity index (χ2n) is 6.53. The number of halogens is 4. The molecule has 0 radical (unpaired) electrons. The van der Waals surface area contributed by atoms with E-state index in [2.05, 4.69) is 5.32 Å². The molecule has 0 bridgehead atoms. The number of benzene rings is 3. The van der Waals surface area contributed by atoms with E-state index in [1.807, 2.05) is 18.3 Å². The van der Waals surface area contributed by atoms with E-state index in [0.717, 1.165) is 17.3 Å². The van der Waals surface area contributed by atoms with Gasteiger partial charge in [0.2, 0.25) is 5.91 Å². The number of amides is 2. The van der Waals surface area contributed by atoms with Crippen LogP contribution in [0.4, 0.5) is 28.9 Å². The standard InChI is InChI=1S/C22H16F4N2O2S/c1-12-3-2-4-13(9-12)22(30)27-14-5-7-15(8-6-14)31-11-18(29)28-21-19(25)16(23)10-17(24)20(21)26/h2-10H,11H2,1H3,(H,27,30)(H,28,29). The molecule has 0 spiro atoms. The fraction of sp³-hybridized carbons (Fsp3) is 0.0909. The fourth-order valence-corrected chi connectivity index (χ4v) is 3.33. The Balaban J connectivity index is 1.57. The van der Waals surface area contributed by atoms with Gasteiger partial charge in [-0.25, -0.2) is 17.6 Å². The third kappa shape index (κ3) is 5.64. The first kappa shape index (κ1) is 22.4. The summed E-state index contributed by atoms with van der Waals surface area (Å²) >= 11 is 1.04. The monoisotopic (exact) mass is 448 g/mol. The van der Waals surface area contributed by atoms with Crippen LogP contribution in [0.15, 0.2) is 59.5 Å². The fourth-order valence-electron chi connectivity index (χ4n) is 2.63. The summed E-state index contributed by atoms with van der Waals surface area (Å²) in [6.45, 7) is 1.88. The molecule has 2 amide bonds. The van der Waals surface area contributed by atoms with Gasteiger partial charge in [-0.2, -0.15) is 0 Å². The number of aryl methyl sites for hydroxylation is 1. The maximum atomic E-state index is 13.6. The van der Waals surface area contributed by atoms with Gasteiger partial charge in [-0.15, -0.1) is 11.8 Å². The molecule has 4 nitrogen and oxygen atoms in total. The van der Waals surface area contributed by atoms with Crippen LogP contribution in [-0.2, 0) is 4.79 Å². The van der Waals surface area contributed by atoms with Crippen LogP contribution in [-0.4, -0.2) is 17.6 Å². The second-order valence-corrected chi connectivity index (χ2v) is 7.58. The average molecular weight is 448 g/mol. The second kappa shape index (κ2) is 9.65. The number of hydrogen-bond acceptors (Lipinski definition) is 3. The molecule has 0 aromatic heterocycles. The molecule has 2 N–H and O–H groups in total. The molecule has 0 aliphatic rings. The zero-order valence-electron chi connectivity index (χ0n) is 16.1. The first-order chi connectivity index (χ1) is 14.7. The van der Waals surface area contributed by atoms with Gasteiger partial charge in [0.1, 0.15) is 5.69 Å². The van der Waals surface area contributed by atoms with E-state index < -0.39 is 34.9 Å². The van der Waals surface area contributed by atoms with Crippen LogP contribution < -0.4 is 10.6 Å². The minimum atomic E-state index is -1.68. The molecule has 0 saturated heterocycles. The Labute approximate surface area is 179 Å². The highest BCUT2D eigenvalue weighted by atomic mass is 32.2. The van der Waals surface area contributed by atoms with Crippen LogP contribution >= 0.6 is 11.8 Å². The zero-order chi connectivity index (χ0) is 22.5. The summed E-state index contributed by atoms with van der Waals surface area (Å²) < 4.78 is 53.7. The van der Waals surface area contributed by atoms with E-state index >= 15 is 0 Å². The van der Waals surface area contributed by atoms with Gasteiger partial charge in [-0.3, -0.25) is 9.59 Å². The number of nitrogens with one attached hydrogen (secondary N) is 2. The zero-order valence-corrected chi connectivity index (χ0v) is 17.0. The highest BCUT2D eigenvalue weighted by Gasteiger charge is 2.20. The maximum Gasteiger partial charge on any atom is 0.255 e. The lowest BCUT2D eigenvalue weighted by Gasteiger charge is -2.09. The molecule has 9 heteroatoms. The number of carbonyl (C=O) groups is 2. The molecule has 0 aliphatic carbocycles. The largest absolute Gasteiger partial charge is 0.322 e. The quantitative estimate of drug-likeness (QED) is 0.296. The lowest BCUT2D eigenvalue weighted by atomic mass is 10.1. The van der Waals surface area contributed by atoms with Gasteiger partial charge in [0.25, 0.3) is 5.91 Å². The van der Waals surface area contributed by atoms with E-state index in [9.17, 15) is 27.2 Å². The van der Waals surface area contributed by atoms with Gasteiger partial charge in [0.05, 0.1) is 5.75 Å². The molecule has 0 fully saturated rings. The predicted molar refractivity (Wildman–Crippen MR) is 111 cm³/mol. The van der Waals surface area contributed by atoms with E-state index in [4.69, 9.17) is 0 Å². The van der Waals surface area contributed by atoms with E-state index in [1.54, 1.807) is 42.5 Å². The molecular weight excluding hydrogens is 432 g/mol. The van der Waals surface area contributed by atoms with Gasteiger partial charge in [0, 0.05) is 22.2 Å². The van der Waals surface area contributed by atoms with Crippen molar-refractivity contribution < 1.29 is 27.2 Å². The molecule has 160 valence electrons. The maximum absolute atomic E-state index is 13.6. The topological polar surface area (TPSA) is 58.2 Å². The first-order valence-corrected chi connectivity index (χ1v) is 9.97. The molecule has 3 rings (SSSR count). The van der Waals surface area contributed by atoms with Crippen molar-refractivity contribution in [3.8, 4) is 0 Å². The first-order valence-electron chi connectivity index (χ1n) is 8.98. The van der Waals surface area contributed by atoms with Gasteiger partial charge < -0.3 is 10.6 Å². The van der Waals surface area contributed by atoms with Crippen LogP contribution in [0, 0.1) is 30.2 Å². The van der Waals surface area contributed by atoms with E-state index in [-0.39, 0.29) is 17.7 Å². The number of hydrogen-bond donors (Lipinski definition) is 2. The number of rotatable bonds is 6. The summed E-state index contributed by atoms with van der Waals surface area (Å²) in [6.07, 6.45) is 0. The third-order valence-corrected chi connectivity index (χ3v) is 5.15. The lowest BCUT2D eigenvalue weighted by Crippen LogP contribution is -2.17. The van der Waals surface area contributed by atoms with Crippen LogP contribution in [0.2, 0.25) is 0 Å². The minimum absolute atomic E-state index is 0.0639. The lowest BCUT2D eigenvalue weighted by molar-refractivity contribution is -0.113. The highest BCUT2D eigenvalue weighted by molar-refractivity contribution is 8.00. The van der Waals surface area contributed by atoms with Gasteiger partial charge in [-0.05, 0) is 43.3 Å². The number of anilines is 2. The number of thioether (sulfide) groups is 1. The summed E-state index contributed by atoms with van der Waals surface area (Å²) in [6, 6.07) is 13.7. The predicted octanol–water partition coefficient (Wildman–Crippen LogP) is 5.53. The van der Waals surface area contributed by atoms with Crippen molar-refractivity contribution in [3.05, 3.63) is 89.0 Å². The minimum Gasteiger partial charge on any atom is -0.322 e. The van der Waals surface area contributed by atoms with Crippen LogP contribution in [0.1, 0.15) is 15.9 Å². The van der Waals surface area contributed by atoms with Crippen LogP contribution in [0.3, 0.4) is 0 Å². The molecule has 3 aromatic carbocycles. The molecule has 0 saturated carbocycles. The summed E-state index contributed by atoms with van der Waals surface area (Å²) in [5.41, 5.74) is 0.846. The molecule has 0 atom stereocenters. The van der Waals surface area contributed by atoms with E-state index in [1.165, 1.54) is 0 Å². The van der Waals surface area contributed by atoms with Crippen molar-refractivity contribution >= 4 is 35.0 Å². The van der Waals surface area contributed by atoms with Crippen molar-refractivity contribution in [2.75, 3.05) is 16.4 Å². The van der Waals surface area contributed by atoms with Gasteiger partial charge in [0.15, 0.2) is 23.3 Å². The van der Waals surface area contributed by atoms with Crippen molar-refractivity contribution in [1.29, 1.82) is 0 Å². The average Bonchev–Trinajstić information content (AvgIpc) is 2.75. The van der Waals surface area contributed by atoms with Gasteiger partial charge >= 0.3 is 0 Å². The Morgan fingerprint density at radius 2 is 1.52 bits per heavy atom. The molecular formula is C22H16F4N2O2S. The third-order valence-electron chi connectivity index (χ3n) is 4.14. The van der Waals surface area contributed by atoms with Crippen molar-refractivity contribution in [1.82, 2.24) is 0 Å². The van der Waals surface area contributed by atoms with E-state index in [0.29, 0.717) is 16.1 Å². The smallest absolute Gasteiger partial charge is 0.255 e. The molecule has 3 aromatic rings. The molecule has 0 unspecified atom stereocenters. The van der Waals surface area contributed by atoms with Crippen molar-refractivity contribution in [3.63, 3.8) is 0 Å². The normalized spacial score (nSPS) is 10.6. The van der Waals surface area contributed by atoms with Crippen molar-refractivity contribution in [2.24, 2.45) is 0 Å². The Bertz CT molecular complexity index is 1110. The van der Waals surface area contributed by atoms with Gasteiger partial charge in [-0.1, -0.05) is 17.7 Å². The van der Waals surface area contributed by atoms with Crippen LogP contribution in [0.5, 0.6) is 0 Å². The Morgan fingerprint density at radius 1 is 0.871 bits per heavy atom. The Morgan fingerprint density at radius 3 is 2.13 bits per heavy atom. The van der Waals surface area contributed by atoms with Crippen LogP contribution in [0.25, 0.3) is 0 Å². The molecule has 0 aliphatic heterocycles. The molecule has 31 heavy (non-hydrogen) atoms. The van der Waals surface area contributed by atoms with Crippen molar-refractivity contribution in [2.45, 2.75) is 11.8 Å². The number of carbonyl (C=O) groups excluding carboxylic acids is 2. The summed E-state index contributed by atoms with van der Waals surface area (Å²) in [4.78, 5) is 24.8. The Hall–Kier alpha value is -3.33. The summed E-state index contributed by atoms with van der Waals surface area (Å²) in [5.74, 6) is -7.93. The SMILES string of the molecule is Cc1cccc(C(=O)Nc2ccc(SCC(=O)Nc3c(F)c(F)cc(F)c3F)cc2)c1. The molecule has 0 heterocycles. The summed E-state index contributed by atoms with van der Waals surface area (Å²) in [5, 5.41) is 4.60. The highest BCUT2D eigenvalue weighted by Crippen LogP contribution is 2.25. The summed E-state index contributed by atoms with van der Waals surface area (Å²) in [7, 11) is 0.